The van der Waals surface area contributed by atoms with Gasteiger partial charge in [0.2, 0.25) is 0 Å². The molecule has 90 valence electrons. The van der Waals surface area contributed by atoms with E-state index in [4.69, 9.17) is 27.9 Å². The Morgan fingerprint density at radius 2 is 2.24 bits per heavy atom. The van der Waals surface area contributed by atoms with Gasteiger partial charge in [-0.3, -0.25) is 4.79 Å². The number of carbonyl (C=O) groups is 1. The number of Topliss-reactive ketones (excluding diaryl/α,β-unsaturated/α-hetero) is 1. The molecule has 1 unspecified atom stereocenters. The van der Waals surface area contributed by atoms with Gasteiger partial charge in [-0.05, 0) is 24.5 Å². The Hall–Kier alpha value is -0.990. The molecule has 1 atom stereocenters. The first-order valence-corrected chi connectivity index (χ1v) is 6.05. The predicted molar refractivity (Wildman–Crippen MR) is 69.4 cm³/mol. The average Bonchev–Trinajstić information content (AvgIpc) is 2.62. The Bertz CT molecular complexity index is 495. The van der Waals surface area contributed by atoms with E-state index >= 15 is 0 Å². The summed E-state index contributed by atoms with van der Waals surface area (Å²) < 4.78 is 5.13. The third kappa shape index (κ3) is 1.96. The van der Waals surface area contributed by atoms with Crippen LogP contribution >= 0.6 is 23.2 Å². The maximum absolute atomic E-state index is 12.1. The molecule has 2 rings (SSSR count). The van der Waals surface area contributed by atoms with Gasteiger partial charge in [-0.1, -0.05) is 29.3 Å². The molecule has 0 bridgehead atoms. The molecule has 0 saturated heterocycles. The lowest BCUT2D eigenvalue weighted by atomic mass is 10.0. The summed E-state index contributed by atoms with van der Waals surface area (Å²) in [6.07, 6.45) is 3.08. The number of hydrogen-bond acceptors (Lipinski definition) is 2. The molecule has 0 radical (unpaired) electrons. The summed E-state index contributed by atoms with van der Waals surface area (Å²) in [7, 11) is 1.53. The van der Waals surface area contributed by atoms with Crippen LogP contribution in [0.25, 0.3) is 0 Å². The summed E-state index contributed by atoms with van der Waals surface area (Å²) in [4.78, 5) is 12.1. The largest absolute Gasteiger partial charge is 0.495 e. The van der Waals surface area contributed by atoms with Crippen molar-refractivity contribution in [3.63, 3.8) is 0 Å². The highest BCUT2D eigenvalue weighted by atomic mass is 35.5. The molecule has 0 amide bonds. The molecule has 1 aromatic rings. The minimum Gasteiger partial charge on any atom is -0.495 e. The Morgan fingerprint density at radius 3 is 2.82 bits per heavy atom. The van der Waals surface area contributed by atoms with Gasteiger partial charge in [-0.2, -0.15) is 0 Å². The first-order valence-electron chi connectivity index (χ1n) is 5.30. The third-order valence-corrected chi connectivity index (χ3v) is 3.86. The first kappa shape index (κ1) is 12.5. The number of allylic oxidation sites excluding steroid dienone is 1. The van der Waals surface area contributed by atoms with Gasteiger partial charge < -0.3 is 4.74 Å². The second kappa shape index (κ2) is 4.71. The summed E-state index contributed by atoms with van der Waals surface area (Å²) in [6.45, 7) is 3.66. The fraction of sp³-hybridized carbons (Fsp3) is 0.308. The van der Waals surface area contributed by atoms with Crippen LogP contribution in [0.2, 0.25) is 10.0 Å². The molecular weight excluding hydrogens is 259 g/mol. The molecule has 0 saturated carbocycles. The molecule has 1 aliphatic rings. The van der Waals surface area contributed by atoms with Crippen molar-refractivity contribution in [3.8, 4) is 5.75 Å². The number of methoxy groups -OCH3 is 1. The van der Waals surface area contributed by atoms with Gasteiger partial charge in [0.1, 0.15) is 10.8 Å². The van der Waals surface area contributed by atoms with E-state index in [1.807, 2.05) is 0 Å². The van der Waals surface area contributed by atoms with Crippen LogP contribution in [0, 0.1) is 5.92 Å². The van der Waals surface area contributed by atoms with E-state index in [1.165, 1.54) is 7.11 Å². The van der Waals surface area contributed by atoms with Crippen molar-refractivity contribution in [3.05, 3.63) is 39.9 Å². The fourth-order valence-corrected chi connectivity index (χ4v) is 2.72. The van der Waals surface area contributed by atoms with Crippen LogP contribution in [0.4, 0.5) is 0 Å². The van der Waals surface area contributed by atoms with Crippen molar-refractivity contribution in [1.29, 1.82) is 0 Å². The van der Waals surface area contributed by atoms with Crippen molar-refractivity contribution >= 4 is 29.0 Å². The average molecular weight is 271 g/mol. The lowest BCUT2D eigenvalue weighted by Gasteiger charge is -2.08. The lowest BCUT2D eigenvalue weighted by molar-refractivity contribution is 0.0938. The number of ketones is 1. The quantitative estimate of drug-likeness (QED) is 0.778. The van der Waals surface area contributed by atoms with E-state index in [2.05, 4.69) is 6.58 Å². The number of fused-ring (bicyclic) bond motifs is 1. The highest BCUT2D eigenvalue weighted by Gasteiger charge is 2.33. The zero-order chi connectivity index (χ0) is 12.6. The predicted octanol–water partition coefficient (Wildman–Crippen LogP) is 3.93. The van der Waals surface area contributed by atoms with Gasteiger partial charge >= 0.3 is 0 Å². The highest BCUT2D eigenvalue weighted by Crippen LogP contribution is 2.42. The smallest absolute Gasteiger partial charge is 0.168 e. The number of benzene rings is 1. The maximum atomic E-state index is 12.1. The minimum atomic E-state index is -0.0665. The second-order valence-electron chi connectivity index (χ2n) is 4.03. The normalized spacial score (nSPS) is 18.1. The van der Waals surface area contributed by atoms with Crippen LogP contribution in [-0.4, -0.2) is 12.9 Å². The lowest BCUT2D eigenvalue weighted by Crippen LogP contribution is -2.07. The summed E-state index contributed by atoms with van der Waals surface area (Å²) in [6, 6.07) is 1.80. The molecule has 0 aromatic heterocycles. The monoisotopic (exact) mass is 270 g/mol. The first-order chi connectivity index (χ1) is 8.10. The summed E-state index contributed by atoms with van der Waals surface area (Å²) in [5.74, 6) is 0.500. The van der Waals surface area contributed by atoms with Crippen LogP contribution in [0.1, 0.15) is 22.3 Å². The molecule has 2 nitrogen and oxygen atoms in total. The number of ether oxygens (including phenoxy) is 1. The molecule has 17 heavy (non-hydrogen) atoms. The number of hydrogen-bond donors (Lipinski definition) is 0. The molecule has 1 aliphatic carbocycles. The topological polar surface area (TPSA) is 26.3 Å². The Morgan fingerprint density at radius 1 is 1.53 bits per heavy atom. The third-order valence-electron chi connectivity index (χ3n) is 3.01. The highest BCUT2D eigenvalue weighted by molar-refractivity contribution is 6.45. The van der Waals surface area contributed by atoms with Crippen molar-refractivity contribution < 1.29 is 9.53 Å². The van der Waals surface area contributed by atoms with E-state index in [9.17, 15) is 4.79 Å². The molecule has 0 spiro atoms. The number of carbonyl (C=O) groups excluding carboxylic acids is 1. The molecular formula is C13H12Cl2O2. The van der Waals surface area contributed by atoms with Crippen LogP contribution in [-0.2, 0) is 6.42 Å². The van der Waals surface area contributed by atoms with E-state index in [0.717, 1.165) is 5.56 Å². The Balaban J connectivity index is 2.52. The second-order valence-corrected chi connectivity index (χ2v) is 4.79. The van der Waals surface area contributed by atoms with E-state index in [0.29, 0.717) is 34.2 Å². The maximum Gasteiger partial charge on any atom is 0.168 e. The molecule has 0 N–H and O–H groups in total. The summed E-state index contributed by atoms with van der Waals surface area (Å²) in [5, 5.41) is 0.609. The van der Waals surface area contributed by atoms with Gasteiger partial charge in [0.25, 0.3) is 0 Å². The molecule has 4 heteroatoms. The van der Waals surface area contributed by atoms with Crippen LogP contribution in [0.5, 0.6) is 5.75 Å². The number of halogens is 2. The van der Waals surface area contributed by atoms with Crippen LogP contribution < -0.4 is 4.74 Å². The SMILES string of the molecule is C=CCC1Cc2cc(OC)c(Cl)c(Cl)c2C1=O. The Kier molecular flexibility index (Phi) is 3.45. The van der Waals surface area contributed by atoms with E-state index in [1.54, 1.807) is 12.1 Å². The Labute approximate surface area is 110 Å². The zero-order valence-corrected chi connectivity index (χ0v) is 10.9. The van der Waals surface area contributed by atoms with Gasteiger partial charge in [0, 0.05) is 11.5 Å². The zero-order valence-electron chi connectivity index (χ0n) is 9.43. The standard InChI is InChI=1S/C13H12Cl2O2/c1-3-4-7-5-8-6-9(17-2)11(14)12(15)10(8)13(7)16/h3,6-7H,1,4-5H2,2H3. The summed E-state index contributed by atoms with van der Waals surface area (Å²) in [5.41, 5.74) is 1.46. The summed E-state index contributed by atoms with van der Waals surface area (Å²) >= 11 is 12.2. The van der Waals surface area contributed by atoms with E-state index < -0.39 is 0 Å². The molecule has 0 fully saturated rings. The van der Waals surface area contributed by atoms with Crippen molar-refractivity contribution in [2.24, 2.45) is 5.92 Å². The van der Waals surface area contributed by atoms with Crippen molar-refractivity contribution in [1.82, 2.24) is 0 Å². The van der Waals surface area contributed by atoms with Gasteiger partial charge in [0.05, 0.1) is 12.1 Å². The van der Waals surface area contributed by atoms with Crippen molar-refractivity contribution in [2.75, 3.05) is 7.11 Å². The number of rotatable bonds is 3. The van der Waals surface area contributed by atoms with Gasteiger partial charge in [-0.15, -0.1) is 6.58 Å². The van der Waals surface area contributed by atoms with Crippen LogP contribution in [0.3, 0.4) is 0 Å². The van der Waals surface area contributed by atoms with Gasteiger partial charge in [-0.25, -0.2) is 0 Å². The molecule has 0 heterocycles. The minimum absolute atomic E-state index is 0.0504. The molecule has 0 aliphatic heterocycles. The fourth-order valence-electron chi connectivity index (χ4n) is 2.18. The van der Waals surface area contributed by atoms with Crippen LogP contribution in [0.15, 0.2) is 18.7 Å². The van der Waals surface area contributed by atoms with Crippen molar-refractivity contribution in [2.45, 2.75) is 12.8 Å². The molecule has 1 aromatic carbocycles. The van der Waals surface area contributed by atoms with E-state index in [-0.39, 0.29) is 11.7 Å². The van der Waals surface area contributed by atoms with Gasteiger partial charge in [0.15, 0.2) is 5.78 Å².